The minimum Gasteiger partial charge on any atom is -0.497 e. The molecule has 7 heteroatoms. The van der Waals surface area contributed by atoms with Crippen LogP contribution in [0.1, 0.15) is 31.7 Å². The second-order valence-electron chi connectivity index (χ2n) is 9.40. The van der Waals surface area contributed by atoms with Gasteiger partial charge in [-0.05, 0) is 73.9 Å². The molecule has 0 unspecified atom stereocenters. The molecule has 2 aromatic heterocycles. The molecule has 188 valence electrons. The molecule has 0 aliphatic heterocycles. The Morgan fingerprint density at radius 3 is 2.38 bits per heavy atom. The van der Waals surface area contributed by atoms with Crippen molar-refractivity contribution in [3.8, 4) is 17.0 Å². The molecule has 3 aromatic carbocycles. The van der Waals surface area contributed by atoms with E-state index < -0.39 is 0 Å². The summed E-state index contributed by atoms with van der Waals surface area (Å²) >= 11 is 0. The van der Waals surface area contributed by atoms with Crippen LogP contribution in [0.25, 0.3) is 33.1 Å². The number of rotatable bonds is 8. The number of aromatic amines is 2. The summed E-state index contributed by atoms with van der Waals surface area (Å²) in [6.45, 7) is 4.20. The Morgan fingerprint density at radius 1 is 0.946 bits per heavy atom. The van der Waals surface area contributed by atoms with Gasteiger partial charge in [0, 0.05) is 29.1 Å². The number of ether oxygens (including phenoxy) is 1. The Labute approximate surface area is 215 Å². The van der Waals surface area contributed by atoms with Gasteiger partial charge in [-0.2, -0.15) is 0 Å². The quantitative estimate of drug-likeness (QED) is 0.300. The first-order chi connectivity index (χ1) is 17.9. The standard InChI is InChI=1S/C30H30N4O3/c1-19(2)34(18-27-31-26-11-7-5-9-24(26)30(36)33-27)28(35)17-16-23-22-8-4-6-10-25(22)32-29(23)20-12-14-21(37-3)15-13-20/h4-15,19,32H,16-18H2,1-3H3,(H,31,33,36). The van der Waals surface area contributed by atoms with Crippen molar-refractivity contribution in [2.75, 3.05) is 7.11 Å². The number of aromatic nitrogens is 3. The molecule has 2 N–H and O–H groups in total. The van der Waals surface area contributed by atoms with Crippen LogP contribution in [0, 0.1) is 0 Å². The Hall–Kier alpha value is -4.39. The second-order valence-corrected chi connectivity index (χ2v) is 9.40. The third-order valence-electron chi connectivity index (χ3n) is 6.71. The van der Waals surface area contributed by atoms with Crippen molar-refractivity contribution in [2.24, 2.45) is 0 Å². The van der Waals surface area contributed by atoms with Gasteiger partial charge in [0.15, 0.2) is 0 Å². The number of nitrogens with one attached hydrogen (secondary N) is 2. The second kappa shape index (κ2) is 10.3. The van der Waals surface area contributed by atoms with E-state index in [9.17, 15) is 9.59 Å². The van der Waals surface area contributed by atoms with E-state index in [-0.39, 0.29) is 24.1 Å². The number of nitrogens with zero attached hydrogens (tertiary/aromatic N) is 2. The Balaban J connectivity index is 1.40. The maximum absolute atomic E-state index is 13.5. The highest BCUT2D eigenvalue weighted by atomic mass is 16.5. The number of carbonyl (C=O) groups is 1. The first-order valence-corrected chi connectivity index (χ1v) is 12.5. The van der Waals surface area contributed by atoms with Crippen LogP contribution < -0.4 is 10.3 Å². The van der Waals surface area contributed by atoms with Crippen molar-refractivity contribution in [2.45, 2.75) is 39.3 Å². The Kier molecular flexibility index (Phi) is 6.77. The number of amides is 1. The van der Waals surface area contributed by atoms with Gasteiger partial charge in [-0.15, -0.1) is 0 Å². The van der Waals surface area contributed by atoms with Gasteiger partial charge in [-0.1, -0.05) is 30.3 Å². The first kappa shape index (κ1) is 24.3. The van der Waals surface area contributed by atoms with Gasteiger partial charge in [0.1, 0.15) is 11.6 Å². The molecule has 2 heterocycles. The highest BCUT2D eigenvalue weighted by molar-refractivity contribution is 5.91. The molecule has 0 saturated heterocycles. The van der Waals surface area contributed by atoms with Crippen LogP contribution in [-0.4, -0.2) is 38.9 Å². The lowest BCUT2D eigenvalue weighted by atomic mass is 10.0. The van der Waals surface area contributed by atoms with Crippen LogP contribution in [-0.2, 0) is 17.8 Å². The zero-order valence-electron chi connectivity index (χ0n) is 21.2. The molecule has 5 rings (SSSR count). The maximum Gasteiger partial charge on any atom is 0.258 e. The van der Waals surface area contributed by atoms with Crippen LogP contribution in [0.2, 0.25) is 0 Å². The minimum absolute atomic E-state index is 0.0109. The number of hydrogen-bond acceptors (Lipinski definition) is 4. The van der Waals surface area contributed by atoms with Gasteiger partial charge in [-0.25, -0.2) is 4.98 Å². The van der Waals surface area contributed by atoms with Crippen molar-refractivity contribution >= 4 is 27.7 Å². The largest absolute Gasteiger partial charge is 0.497 e. The highest BCUT2D eigenvalue weighted by Crippen LogP contribution is 2.32. The van der Waals surface area contributed by atoms with E-state index >= 15 is 0 Å². The monoisotopic (exact) mass is 494 g/mol. The van der Waals surface area contributed by atoms with Crippen molar-refractivity contribution in [1.29, 1.82) is 0 Å². The predicted octanol–water partition coefficient (Wildman–Crippen LogP) is 5.45. The fourth-order valence-corrected chi connectivity index (χ4v) is 4.77. The molecular weight excluding hydrogens is 464 g/mol. The molecule has 37 heavy (non-hydrogen) atoms. The molecular formula is C30H30N4O3. The van der Waals surface area contributed by atoms with Crippen LogP contribution in [0.5, 0.6) is 5.75 Å². The zero-order valence-corrected chi connectivity index (χ0v) is 21.2. The predicted molar refractivity (Wildman–Crippen MR) is 147 cm³/mol. The maximum atomic E-state index is 13.5. The summed E-state index contributed by atoms with van der Waals surface area (Å²) in [6, 6.07) is 23.3. The lowest BCUT2D eigenvalue weighted by Crippen LogP contribution is -2.37. The van der Waals surface area contributed by atoms with E-state index in [4.69, 9.17) is 4.74 Å². The average molecular weight is 495 g/mol. The van der Waals surface area contributed by atoms with E-state index in [1.807, 2.05) is 68.4 Å². The Bertz CT molecular complexity index is 1620. The average Bonchev–Trinajstić information content (AvgIpc) is 3.29. The summed E-state index contributed by atoms with van der Waals surface area (Å²) in [4.78, 5) is 38.8. The van der Waals surface area contributed by atoms with E-state index in [0.29, 0.717) is 29.6 Å². The van der Waals surface area contributed by atoms with Gasteiger partial charge in [0.05, 0.1) is 24.6 Å². The van der Waals surface area contributed by atoms with Gasteiger partial charge >= 0.3 is 0 Å². The number of hydrogen-bond donors (Lipinski definition) is 2. The third-order valence-corrected chi connectivity index (χ3v) is 6.71. The van der Waals surface area contributed by atoms with E-state index in [2.05, 4.69) is 27.1 Å². The fraction of sp³-hybridized carbons (Fsp3) is 0.233. The summed E-state index contributed by atoms with van der Waals surface area (Å²) in [5.41, 5.74) is 4.62. The number of para-hydroxylation sites is 2. The molecule has 5 aromatic rings. The lowest BCUT2D eigenvalue weighted by molar-refractivity contribution is -0.133. The fourth-order valence-electron chi connectivity index (χ4n) is 4.77. The molecule has 0 aliphatic carbocycles. The van der Waals surface area contributed by atoms with E-state index in [1.54, 1.807) is 18.1 Å². The summed E-state index contributed by atoms with van der Waals surface area (Å²) in [6.07, 6.45) is 0.913. The molecule has 0 fully saturated rings. The molecule has 0 saturated carbocycles. The molecule has 1 amide bonds. The zero-order chi connectivity index (χ0) is 25.9. The number of H-pyrrole nitrogens is 2. The normalized spacial score (nSPS) is 11.4. The van der Waals surface area contributed by atoms with Crippen molar-refractivity contribution < 1.29 is 9.53 Å². The summed E-state index contributed by atoms with van der Waals surface area (Å²) in [7, 11) is 1.65. The molecule has 0 bridgehead atoms. The Morgan fingerprint density at radius 2 is 1.65 bits per heavy atom. The van der Waals surface area contributed by atoms with Crippen LogP contribution in [0.3, 0.4) is 0 Å². The number of benzene rings is 3. The van der Waals surface area contributed by atoms with Crippen molar-refractivity contribution in [3.63, 3.8) is 0 Å². The summed E-state index contributed by atoms with van der Waals surface area (Å²) < 4.78 is 5.31. The van der Waals surface area contributed by atoms with Crippen molar-refractivity contribution in [3.05, 3.63) is 94.5 Å². The lowest BCUT2D eigenvalue weighted by Gasteiger charge is -2.26. The van der Waals surface area contributed by atoms with Gasteiger partial charge in [0.2, 0.25) is 5.91 Å². The molecule has 0 aliphatic rings. The number of aryl methyl sites for hydroxylation is 1. The van der Waals surface area contributed by atoms with Crippen molar-refractivity contribution in [1.82, 2.24) is 19.9 Å². The van der Waals surface area contributed by atoms with Crippen LogP contribution in [0.15, 0.2) is 77.6 Å². The van der Waals surface area contributed by atoms with Crippen LogP contribution >= 0.6 is 0 Å². The molecule has 7 nitrogen and oxygen atoms in total. The summed E-state index contributed by atoms with van der Waals surface area (Å²) in [5, 5.41) is 1.65. The third kappa shape index (κ3) is 4.98. The van der Waals surface area contributed by atoms with Crippen LogP contribution in [0.4, 0.5) is 0 Å². The SMILES string of the molecule is COc1ccc(-c2[nH]c3ccccc3c2CCC(=O)N(Cc2nc3ccccc3c(=O)[nH]2)C(C)C)cc1. The topological polar surface area (TPSA) is 91.1 Å². The van der Waals surface area contributed by atoms with Gasteiger partial charge < -0.3 is 19.6 Å². The smallest absolute Gasteiger partial charge is 0.258 e. The molecule has 0 spiro atoms. The van der Waals surface area contributed by atoms with E-state index in [0.717, 1.165) is 33.5 Å². The summed E-state index contributed by atoms with van der Waals surface area (Å²) in [5.74, 6) is 1.29. The number of methoxy groups -OCH3 is 1. The molecule has 0 atom stereocenters. The number of fused-ring (bicyclic) bond motifs is 2. The minimum atomic E-state index is -0.195. The van der Waals surface area contributed by atoms with E-state index in [1.165, 1.54) is 0 Å². The highest BCUT2D eigenvalue weighted by Gasteiger charge is 2.21. The van der Waals surface area contributed by atoms with Gasteiger partial charge in [-0.3, -0.25) is 9.59 Å². The first-order valence-electron chi connectivity index (χ1n) is 12.5. The van der Waals surface area contributed by atoms with Gasteiger partial charge in [0.25, 0.3) is 5.56 Å². The number of carbonyl (C=O) groups excluding carboxylic acids is 1. The molecule has 0 radical (unpaired) electrons.